The van der Waals surface area contributed by atoms with Gasteiger partial charge in [-0.25, -0.2) is 0 Å². The molecule has 1 amide bonds. The molecule has 0 saturated carbocycles. The minimum atomic E-state index is -0.119. The fourth-order valence-corrected chi connectivity index (χ4v) is 3.34. The molecule has 0 aliphatic rings. The van der Waals surface area contributed by atoms with Crippen molar-refractivity contribution in [2.24, 2.45) is 0 Å². The minimum absolute atomic E-state index is 0.119. The molecule has 0 spiro atoms. The van der Waals surface area contributed by atoms with Crippen molar-refractivity contribution in [3.63, 3.8) is 0 Å². The molecule has 0 radical (unpaired) electrons. The van der Waals surface area contributed by atoms with Gasteiger partial charge in [0, 0.05) is 11.3 Å². The highest BCUT2D eigenvalue weighted by Crippen LogP contribution is 2.18. The molecule has 1 N–H and O–H groups in total. The van der Waals surface area contributed by atoms with Gasteiger partial charge in [0.15, 0.2) is 0 Å². The summed E-state index contributed by atoms with van der Waals surface area (Å²) < 4.78 is 11.6. The molecule has 0 heterocycles. The minimum Gasteiger partial charge on any atom is -0.494 e. The molecular weight excluding hydrogens is 398 g/mol. The van der Waals surface area contributed by atoms with Crippen LogP contribution in [0.2, 0.25) is 0 Å². The molecule has 0 aromatic heterocycles. The molecule has 32 heavy (non-hydrogen) atoms. The maximum absolute atomic E-state index is 12.5. The number of rotatable bonds is 12. The van der Waals surface area contributed by atoms with E-state index in [1.165, 1.54) is 18.4 Å². The van der Waals surface area contributed by atoms with Gasteiger partial charge >= 0.3 is 0 Å². The predicted molar refractivity (Wildman–Crippen MR) is 131 cm³/mol. The van der Waals surface area contributed by atoms with E-state index in [0.717, 1.165) is 42.0 Å². The first-order valence-corrected chi connectivity index (χ1v) is 11.5. The van der Waals surface area contributed by atoms with Gasteiger partial charge in [-0.2, -0.15) is 0 Å². The maximum atomic E-state index is 12.5. The van der Waals surface area contributed by atoms with Gasteiger partial charge in [-0.1, -0.05) is 43.7 Å². The van der Waals surface area contributed by atoms with E-state index in [9.17, 15) is 4.79 Å². The highest BCUT2D eigenvalue weighted by Gasteiger charge is 2.07. The normalized spacial score (nSPS) is 10.6. The number of ether oxygens (including phenoxy) is 2. The summed E-state index contributed by atoms with van der Waals surface area (Å²) in [7, 11) is 0. The molecule has 3 aromatic carbocycles. The fraction of sp³-hybridized carbons (Fsp3) is 0.321. The van der Waals surface area contributed by atoms with Crippen molar-refractivity contribution >= 4 is 11.6 Å². The third kappa shape index (κ3) is 7.45. The number of carbonyl (C=O) groups excluding carboxylic acids is 1. The zero-order valence-electron chi connectivity index (χ0n) is 19.1. The van der Waals surface area contributed by atoms with Gasteiger partial charge in [-0.05, 0) is 86.2 Å². The smallest absolute Gasteiger partial charge is 0.255 e. The van der Waals surface area contributed by atoms with Crippen LogP contribution in [0.4, 0.5) is 5.69 Å². The highest BCUT2D eigenvalue weighted by molar-refractivity contribution is 6.04. The van der Waals surface area contributed by atoms with E-state index in [1.807, 2.05) is 55.5 Å². The Labute approximate surface area is 191 Å². The van der Waals surface area contributed by atoms with Crippen LogP contribution in [-0.4, -0.2) is 19.1 Å². The lowest BCUT2D eigenvalue weighted by molar-refractivity contribution is 0.102. The van der Waals surface area contributed by atoms with E-state index in [1.54, 1.807) is 12.1 Å². The lowest BCUT2D eigenvalue weighted by Gasteiger charge is -2.10. The summed E-state index contributed by atoms with van der Waals surface area (Å²) in [4.78, 5) is 12.5. The number of nitrogens with one attached hydrogen (secondary N) is 1. The van der Waals surface area contributed by atoms with Gasteiger partial charge in [0.1, 0.15) is 11.5 Å². The van der Waals surface area contributed by atoms with E-state index in [-0.39, 0.29) is 5.91 Å². The second-order valence-electron chi connectivity index (χ2n) is 7.95. The summed E-state index contributed by atoms with van der Waals surface area (Å²) in [6.45, 7) is 5.53. The molecule has 4 heteroatoms. The highest BCUT2D eigenvalue weighted by atomic mass is 16.5. The van der Waals surface area contributed by atoms with Gasteiger partial charge in [0.2, 0.25) is 0 Å². The fourth-order valence-electron chi connectivity index (χ4n) is 3.34. The lowest BCUT2D eigenvalue weighted by Crippen LogP contribution is -2.11. The first-order valence-electron chi connectivity index (χ1n) is 11.5. The van der Waals surface area contributed by atoms with Crippen molar-refractivity contribution < 1.29 is 14.3 Å². The molecule has 4 nitrogen and oxygen atoms in total. The largest absolute Gasteiger partial charge is 0.494 e. The number of hydrogen-bond acceptors (Lipinski definition) is 3. The van der Waals surface area contributed by atoms with E-state index >= 15 is 0 Å². The summed E-state index contributed by atoms with van der Waals surface area (Å²) in [5.74, 6) is 1.59. The van der Waals surface area contributed by atoms with Crippen LogP contribution in [-0.2, 0) is 6.42 Å². The van der Waals surface area contributed by atoms with Crippen LogP contribution in [0.3, 0.4) is 0 Å². The van der Waals surface area contributed by atoms with Crippen LogP contribution in [0.1, 0.15) is 54.1 Å². The number of amides is 1. The zero-order valence-corrected chi connectivity index (χ0v) is 19.1. The summed E-state index contributed by atoms with van der Waals surface area (Å²) >= 11 is 0. The predicted octanol–water partition coefficient (Wildman–Crippen LogP) is 6.83. The standard InChI is InChI=1S/C28H33NO3/c1-3-4-10-23-12-16-25(17-13-23)29-28(30)24-14-18-26(19-15-24)31-20-7-8-21-32-27-11-6-5-9-22(27)2/h5-6,9,11-19H,3-4,7-8,10,20-21H2,1-2H3,(H,29,30). The number of benzene rings is 3. The summed E-state index contributed by atoms with van der Waals surface area (Å²) in [6.07, 6.45) is 5.27. The quantitative estimate of drug-likeness (QED) is 0.320. The first kappa shape index (κ1) is 23.4. The summed E-state index contributed by atoms with van der Waals surface area (Å²) in [5.41, 5.74) is 3.87. The van der Waals surface area contributed by atoms with Gasteiger partial charge in [-0.3, -0.25) is 4.79 Å². The molecule has 0 aliphatic heterocycles. The second-order valence-corrected chi connectivity index (χ2v) is 7.95. The third-order valence-electron chi connectivity index (χ3n) is 5.31. The molecule has 3 rings (SSSR count). The van der Waals surface area contributed by atoms with E-state index in [2.05, 4.69) is 24.4 Å². The third-order valence-corrected chi connectivity index (χ3v) is 5.31. The Bertz CT molecular complexity index is 965. The number of unbranched alkanes of at least 4 members (excludes halogenated alkanes) is 2. The topological polar surface area (TPSA) is 47.6 Å². The number of para-hydroxylation sites is 1. The molecule has 0 unspecified atom stereocenters. The molecule has 0 aliphatic carbocycles. The number of anilines is 1. The summed E-state index contributed by atoms with van der Waals surface area (Å²) in [5, 5.41) is 2.95. The Balaban J connectivity index is 1.37. The Morgan fingerprint density at radius 1 is 0.812 bits per heavy atom. The van der Waals surface area contributed by atoms with Crippen molar-refractivity contribution in [2.45, 2.75) is 46.0 Å². The molecule has 3 aromatic rings. The van der Waals surface area contributed by atoms with Gasteiger partial charge in [0.25, 0.3) is 5.91 Å². The van der Waals surface area contributed by atoms with Crippen LogP contribution in [0.25, 0.3) is 0 Å². The van der Waals surface area contributed by atoms with Crippen molar-refractivity contribution in [2.75, 3.05) is 18.5 Å². The Morgan fingerprint density at radius 3 is 2.19 bits per heavy atom. The molecule has 0 fully saturated rings. The first-order chi connectivity index (χ1) is 15.7. The van der Waals surface area contributed by atoms with E-state index < -0.39 is 0 Å². The number of aryl methyl sites for hydroxylation is 2. The van der Waals surface area contributed by atoms with E-state index in [4.69, 9.17) is 9.47 Å². The zero-order chi connectivity index (χ0) is 22.6. The average molecular weight is 432 g/mol. The molecule has 0 saturated heterocycles. The van der Waals surface area contributed by atoms with Gasteiger partial charge in [0.05, 0.1) is 13.2 Å². The van der Waals surface area contributed by atoms with Gasteiger partial charge in [-0.15, -0.1) is 0 Å². The Kier molecular flexibility index (Phi) is 9.18. The van der Waals surface area contributed by atoms with Crippen molar-refractivity contribution in [3.8, 4) is 11.5 Å². The Morgan fingerprint density at radius 2 is 1.50 bits per heavy atom. The number of hydrogen-bond donors (Lipinski definition) is 1. The molecule has 0 atom stereocenters. The Hall–Kier alpha value is -3.27. The van der Waals surface area contributed by atoms with Gasteiger partial charge < -0.3 is 14.8 Å². The van der Waals surface area contributed by atoms with Crippen LogP contribution >= 0.6 is 0 Å². The van der Waals surface area contributed by atoms with Crippen LogP contribution in [0.5, 0.6) is 11.5 Å². The van der Waals surface area contributed by atoms with Crippen LogP contribution in [0.15, 0.2) is 72.8 Å². The summed E-state index contributed by atoms with van der Waals surface area (Å²) in [6, 6.07) is 23.4. The molecular formula is C28H33NO3. The SMILES string of the molecule is CCCCc1ccc(NC(=O)c2ccc(OCCCCOc3ccccc3C)cc2)cc1. The molecule has 168 valence electrons. The second kappa shape index (κ2) is 12.6. The van der Waals surface area contributed by atoms with Crippen molar-refractivity contribution in [1.82, 2.24) is 0 Å². The van der Waals surface area contributed by atoms with Crippen LogP contribution in [0, 0.1) is 6.92 Å². The number of carbonyl (C=O) groups is 1. The average Bonchev–Trinajstić information content (AvgIpc) is 2.82. The monoisotopic (exact) mass is 431 g/mol. The van der Waals surface area contributed by atoms with Crippen LogP contribution < -0.4 is 14.8 Å². The lowest BCUT2D eigenvalue weighted by atomic mass is 10.1. The maximum Gasteiger partial charge on any atom is 0.255 e. The van der Waals surface area contributed by atoms with E-state index in [0.29, 0.717) is 18.8 Å². The van der Waals surface area contributed by atoms with Crippen molar-refractivity contribution in [1.29, 1.82) is 0 Å². The van der Waals surface area contributed by atoms with Crippen molar-refractivity contribution in [3.05, 3.63) is 89.5 Å². The molecule has 0 bridgehead atoms.